The van der Waals surface area contributed by atoms with Crippen molar-refractivity contribution in [1.82, 2.24) is 0 Å². The van der Waals surface area contributed by atoms with Gasteiger partial charge in [0.15, 0.2) is 12.2 Å². The molecule has 0 fully saturated rings. The van der Waals surface area contributed by atoms with E-state index in [4.69, 9.17) is 37.0 Å². The maximum absolute atomic E-state index is 13.1. The van der Waals surface area contributed by atoms with Gasteiger partial charge in [-0.25, -0.2) is 9.13 Å². The van der Waals surface area contributed by atoms with Crippen LogP contribution in [-0.2, 0) is 65.4 Å². The monoisotopic (exact) mass is 1450 g/mol. The van der Waals surface area contributed by atoms with E-state index in [0.29, 0.717) is 32.1 Å². The minimum absolute atomic E-state index is 0.0797. The molecule has 19 heteroatoms. The Bertz CT molecular complexity index is 2230. The van der Waals surface area contributed by atoms with Crippen molar-refractivity contribution in [2.75, 3.05) is 39.6 Å². The van der Waals surface area contributed by atoms with E-state index < -0.39 is 97.5 Å². The zero-order valence-corrected chi connectivity index (χ0v) is 65.2. The minimum Gasteiger partial charge on any atom is -0.462 e. The standard InChI is InChI=1S/C81H144O17P2/c1-5-9-13-17-21-25-29-33-36-37-40-42-46-50-54-58-62-66-79(84)92-72-77(98-81(86)68-64-60-56-52-48-44-39-35-31-27-23-19-15-11-7-3)74-96-100(89,90)94-70-75(82)69-93-99(87,88)95-73-76(71-91-78(83)65-61-57-53-49-45-41-32-28-24-20-16-12-8-4)97-80(85)67-63-59-55-51-47-43-38-34-30-26-22-18-14-10-6-2/h21,25-28,30-33,36,40,42,50,54,75-77,82H,5-20,22-24,29,34-35,37-39,41,43-49,51-53,55-74H2,1-4H3,(H,87,88)(H,89,90)/b25-21-,30-26-,31-27-,32-28-,36-33-,42-40-,54-50-/t75-,76+,77+/m0/s1. The van der Waals surface area contributed by atoms with Crippen LogP contribution in [0.2, 0.25) is 0 Å². The SMILES string of the molecule is CCCCC/C=C\C/C=C\C/C=C\C/C=C\CCCC(=O)OC[C@H](COP(=O)(O)OC[C@@H](O)COP(=O)(O)OC[C@@H](COC(=O)CCCCCCC/C=C\CCCCCC)OC(=O)CCCCCCCCC/C=C\CCCCCC)OC(=O)CCCCCCCCC/C=C\CCCCCC. The highest BCUT2D eigenvalue weighted by molar-refractivity contribution is 7.47. The van der Waals surface area contributed by atoms with Gasteiger partial charge in [-0.2, -0.15) is 0 Å². The van der Waals surface area contributed by atoms with Gasteiger partial charge in [0.05, 0.1) is 26.4 Å². The summed E-state index contributed by atoms with van der Waals surface area (Å²) in [5, 5.41) is 10.6. The third-order valence-electron chi connectivity index (χ3n) is 16.8. The second-order valence-electron chi connectivity index (χ2n) is 26.6. The van der Waals surface area contributed by atoms with Crippen molar-refractivity contribution in [3.63, 3.8) is 0 Å². The summed E-state index contributed by atoms with van der Waals surface area (Å²) in [6.45, 7) is 4.77. The molecule has 5 atom stereocenters. The summed E-state index contributed by atoms with van der Waals surface area (Å²) < 4.78 is 68.5. The number of phosphoric ester groups is 2. The average Bonchev–Trinajstić information content (AvgIpc) is 0.945. The number of hydrogen-bond acceptors (Lipinski definition) is 15. The molecule has 0 aromatic carbocycles. The summed E-state index contributed by atoms with van der Waals surface area (Å²) in [5.41, 5.74) is 0. The van der Waals surface area contributed by atoms with E-state index in [9.17, 15) is 43.2 Å². The van der Waals surface area contributed by atoms with Crippen LogP contribution in [0.15, 0.2) is 85.1 Å². The molecule has 0 aliphatic heterocycles. The molecule has 0 aliphatic carbocycles. The van der Waals surface area contributed by atoms with Gasteiger partial charge in [-0.15, -0.1) is 0 Å². The van der Waals surface area contributed by atoms with E-state index in [0.717, 1.165) is 167 Å². The number of aliphatic hydroxyl groups is 1. The van der Waals surface area contributed by atoms with E-state index in [-0.39, 0.29) is 25.7 Å². The van der Waals surface area contributed by atoms with Gasteiger partial charge in [0.2, 0.25) is 0 Å². The molecule has 0 rings (SSSR count). The molecule has 0 amide bonds. The fraction of sp³-hybridized carbons (Fsp3) is 0.778. The number of phosphoric acid groups is 2. The zero-order valence-electron chi connectivity index (χ0n) is 63.4. The van der Waals surface area contributed by atoms with E-state index >= 15 is 0 Å². The summed E-state index contributed by atoms with van der Waals surface area (Å²) in [4.78, 5) is 72.9. The quantitative estimate of drug-likeness (QED) is 0.0169. The predicted octanol–water partition coefficient (Wildman–Crippen LogP) is 23.0. The second-order valence-corrected chi connectivity index (χ2v) is 29.5. The van der Waals surface area contributed by atoms with Crippen molar-refractivity contribution in [2.24, 2.45) is 0 Å². The Morgan fingerprint density at radius 3 is 0.820 bits per heavy atom. The lowest BCUT2D eigenvalue weighted by Gasteiger charge is -2.21. The first-order valence-corrected chi connectivity index (χ1v) is 42.8. The van der Waals surface area contributed by atoms with Crippen LogP contribution in [0.25, 0.3) is 0 Å². The smallest absolute Gasteiger partial charge is 0.462 e. The molecule has 0 bridgehead atoms. The Kier molecular flexibility index (Phi) is 70.8. The number of aliphatic hydroxyl groups excluding tert-OH is 1. The Morgan fingerprint density at radius 2 is 0.500 bits per heavy atom. The molecule has 0 saturated heterocycles. The van der Waals surface area contributed by atoms with Crippen LogP contribution in [0.4, 0.5) is 0 Å². The second kappa shape index (κ2) is 73.5. The maximum Gasteiger partial charge on any atom is 0.472 e. The average molecular weight is 1450 g/mol. The van der Waals surface area contributed by atoms with E-state index in [1.54, 1.807) is 0 Å². The number of esters is 4. The highest BCUT2D eigenvalue weighted by Crippen LogP contribution is 2.45. The van der Waals surface area contributed by atoms with Crippen LogP contribution in [0.3, 0.4) is 0 Å². The molecule has 0 aromatic rings. The minimum atomic E-state index is -4.99. The highest BCUT2D eigenvalue weighted by Gasteiger charge is 2.30. The largest absolute Gasteiger partial charge is 0.472 e. The molecular formula is C81H144O17P2. The molecule has 0 aromatic heterocycles. The first-order valence-electron chi connectivity index (χ1n) is 39.8. The summed E-state index contributed by atoms with van der Waals surface area (Å²) in [7, 11) is -9.96. The molecule has 3 N–H and O–H groups in total. The third kappa shape index (κ3) is 72.6. The van der Waals surface area contributed by atoms with Gasteiger partial charge < -0.3 is 33.8 Å². The predicted molar refractivity (Wildman–Crippen MR) is 409 cm³/mol. The molecule has 100 heavy (non-hydrogen) atoms. The van der Waals surface area contributed by atoms with Crippen LogP contribution in [-0.4, -0.2) is 96.7 Å². The van der Waals surface area contributed by atoms with E-state index in [2.05, 4.69) is 101 Å². The van der Waals surface area contributed by atoms with E-state index in [1.165, 1.54) is 96.3 Å². The van der Waals surface area contributed by atoms with Crippen molar-refractivity contribution in [3.8, 4) is 0 Å². The lowest BCUT2D eigenvalue weighted by molar-refractivity contribution is -0.161. The van der Waals surface area contributed by atoms with Gasteiger partial charge in [-0.1, -0.05) is 267 Å². The molecule has 0 spiro atoms. The van der Waals surface area contributed by atoms with Crippen LogP contribution >= 0.6 is 15.6 Å². The van der Waals surface area contributed by atoms with Gasteiger partial charge in [-0.05, 0) is 141 Å². The number of carbonyl (C=O) groups is 4. The number of ether oxygens (including phenoxy) is 4. The number of carbonyl (C=O) groups excluding carboxylic acids is 4. The number of rotatable bonds is 75. The summed E-state index contributed by atoms with van der Waals surface area (Å²) in [6, 6.07) is 0. The third-order valence-corrected chi connectivity index (χ3v) is 18.7. The van der Waals surface area contributed by atoms with Crippen molar-refractivity contribution in [1.29, 1.82) is 0 Å². The topological polar surface area (TPSA) is 237 Å². The van der Waals surface area contributed by atoms with Gasteiger partial charge in [0.25, 0.3) is 0 Å². The normalized spacial score (nSPS) is 14.3. The molecule has 0 radical (unpaired) electrons. The molecule has 580 valence electrons. The maximum atomic E-state index is 13.1. The number of hydrogen-bond donors (Lipinski definition) is 3. The Labute approximate surface area is 608 Å². The summed E-state index contributed by atoms with van der Waals surface area (Å²) >= 11 is 0. The first kappa shape index (κ1) is 96.2. The molecule has 0 saturated carbocycles. The van der Waals surface area contributed by atoms with Crippen molar-refractivity contribution in [2.45, 2.75) is 367 Å². The van der Waals surface area contributed by atoms with Crippen molar-refractivity contribution in [3.05, 3.63) is 85.1 Å². The molecule has 17 nitrogen and oxygen atoms in total. The van der Waals surface area contributed by atoms with Crippen LogP contribution < -0.4 is 0 Å². The lowest BCUT2D eigenvalue weighted by Crippen LogP contribution is -2.30. The number of allylic oxidation sites excluding steroid dienone is 14. The zero-order chi connectivity index (χ0) is 73.2. The number of unbranched alkanes of at least 4 members (excludes halogenated alkanes) is 35. The van der Waals surface area contributed by atoms with E-state index in [1.807, 2.05) is 12.2 Å². The molecule has 0 heterocycles. The van der Waals surface area contributed by atoms with Gasteiger partial charge in [0.1, 0.15) is 19.3 Å². The molecule has 2 unspecified atom stereocenters. The Balaban J connectivity index is 5.39. The van der Waals surface area contributed by atoms with Gasteiger partial charge in [0, 0.05) is 25.7 Å². The van der Waals surface area contributed by atoms with Crippen molar-refractivity contribution < 1.29 is 80.2 Å². The van der Waals surface area contributed by atoms with Crippen LogP contribution in [0.1, 0.15) is 349 Å². The molecular weight excluding hydrogens is 1310 g/mol. The molecule has 0 aliphatic rings. The van der Waals surface area contributed by atoms with Crippen molar-refractivity contribution >= 4 is 39.5 Å². The van der Waals surface area contributed by atoms with Crippen LogP contribution in [0, 0.1) is 0 Å². The first-order chi connectivity index (χ1) is 48.7. The fourth-order valence-electron chi connectivity index (χ4n) is 10.7. The summed E-state index contributed by atoms with van der Waals surface area (Å²) in [6.07, 6.45) is 75.6. The fourth-order valence-corrected chi connectivity index (χ4v) is 12.2. The Hall–Kier alpha value is -3.76. The van der Waals surface area contributed by atoms with Crippen LogP contribution in [0.5, 0.6) is 0 Å². The van der Waals surface area contributed by atoms with Gasteiger partial charge in [-0.3, -0.25) is 37.3 Å². The van der Waals surface area contributed by atoms with Gasteiger partial charge >= 0.3 is 39.5 Å². The Morgan fingerprint density at radius 1 is 0.280 bits per heavy atom. The summed E-state index contributed by atoms with van der Waals surface area (Å²) in [5.74, 6) is -2.24. The lowest BCUT2D eigenvalue weighted by atomic mass is 10.1. The highest BCUT2D eigenvalue weighted by atomic mass is 31.2.